The number of rotatable bonds is 5. The smallest absolute Gasteiger partial charge is 0.0991 e. The number of nitriles is 1. The molecular formula is C12H16N2O. The van der Waals surface area contributed by atoms with Crippen LogP contribution in [0.4, 0.5) is 5.69 Å². The summed E-state index contributed by atoms with van der Waals surface area (Å²) in [6.45, 7) is 5.51. The van der Waals surface area contributed by atoms with E-state index in [2.05, 4.69) is 11.4 Å². The average Bonchev–Trinajstić information content (AvgIpc) is 2.25. The second-order valence-electron chi connectivity index (χ2n) is 3.54. The van der Waals surface area contributed by atoms with E-state index in [-0.39, 0.29) is 6.10 Å². The van der Waals surface area contributed by atoms with Crippen LogP contribution in [0.2, 0.25) is 0 Å². The van der Waals surface area contributed by atoms with Gasteiger partial charge < -0.3 is 10.1 Å². The van der Waals surface area contributed by atoms with Gasteiger partial charge in [-0.1, -0.05) is 0 Å². The van der Waals surface area contributed by atoms with Gasteiger partial charge in [-0.05, 0) is 38.1 Å². The third-order valence-electron chi connectivity index (χ3n) is 1.90. The monoisotopic (exact) mass is 204 g/mol. The molecule has 0 aliphatic rings. The fourth-order valence-corrected chi connectivity index (χ4v) is 1.15. The Hall–Kier alpha value is -1.53. The molecule has 3 heteroatoms. The van der Waals surface area contributed by atoms with Crippen LogP contribution in [0.5, 0.6) is 0 Å². The summed E-state index contributed by atoms with van der Waals surface area (Å²) < 4.78 is 5.39. The van der Waals surface area contributed by atoms with Gasteiger partial charge in [-0.15, -0.1) is 0 Å². The fraction of sp³-hybridized carbons (Fsp3) is 0.417. The van der Waals surface area contributed by atoms with Gasteiger partial charge in [0.25, 0.3) is 0 Å². The quantitative estimate of drug-likeness (QED) is 0.749. The Kier molecular flexibility index (Phi) is 4.65. The van der Waals surface area contributed by atoms with Gasteiger partial charge in [0.2, 0.25) is 0 Å². The van der Waals surface area contributed by atoms with Gasteiger partial charge in [0.15, 0.2) is 0 Å². The zero-order chi connectivity index (χ0) is 11.1. The molecule has 0 saturated heterocycles. The Morgan fingerprint density at radius 2 is 2.00 bits per heavy atom. The molecule has 0 spiro atoms. The van der Waals surface area contributed by atoms with Crippen LogP contribution in [-0.2, 0) is 4.74 Å². The van der Waals surface area contributed by atoms with E-state index in [1.54, 1.807) is 12.1 Å². The minimum Gasteiger partial charge on any atom is -0.383 e. The Balaban J connectivity index is 2.29. The number of ether oxygens (including phenoxy) is 1. The van der Waals surface area contributed by atoms with Crippen molar-refractivity contribution in [2.24, 2.45) is 0 Å². The molecule has 1 aromatic carbocycles. The molecule has 3 nitrogen and oxygen atoms in total. The highest BCUT2D eigenvalue weighted by molar-refractivity contribution is 5.46. The summed E-state index contributed by atoms with van der Waals surface area (Å²) in [6.07, 6.45) is 0.271. The average molecular weight is 204 g/mol. The molecule has 0 heterocycles. The van der Waals surface area contributed by atoms with E-state index in [1.807, 2.05) is 26.0 Å². The van der Waals surface area contributed by atoms with E-state index in [0.29, 0.717) is 12.2 Å². The van der Waals surface area contributed by atoms with E-state index < -0.39 is 0 Å². The highest BCUT2D eigenvalue weighted by atomic mass is 16.5. The van der Waals surface area contributed by atoms with Crippen LogP contribution >= 0.6 is 0 Å². The van der Waals surface area contributed by atoms with Crippen molar-refractivity contribution in [1.82, 2.24) is 0 Å². The molecule has 0 amide bonds. The maximum absolute atomic E-state index is 8.61. The minimum atomic E-state index is 0.271. The van der Waals surface area contributed by atoms with Gasteiger partial charge in [0.05, 0.1) is 24.3 Å². The van der Waals surface area contributed by atoms with E-state index in [9.17, 15) is 0 Å². The lowest BCUT2D eigenvalue weighted by Crippen LogP contribution is -2.13. The zero-order valence-electron chi connectivity index (χ0n) is 9.16. The van der Waals surface area contributed by atoms with Gasteiger partial charge in [0, 0.05) is 12.2 Å². The summed E-state index contributed by atoms with van der Waals surface area (Å²) in [5.74, 6) is 0. The lowest BCUT2D eigenvalue weighted by molar-refractivity contribution is 0.0870. The Bertz CT molecular complexity index is 324. The topological polar surface area (TPSA) is 45.0 Å². The highest BCUT2D eigenvalue weighted by Crippen LogP contribution is 2.07. The second-order valence-corrected chi connectivity index (χ2v) is 3.54. The first-order valence-electron chi connectivity index (χ1n) is 5.08. The molecule has 15 heavy (non-hydrogen) atoms. The van der Waals surface area contributed by atoms with Gasteiger partial charge in [-0.2, -0.15) is 5.26 Å². The summed E-state index contributed by atoms with van der Waals surface area (Å²) >= 11 is 0. The van der Waals surface area contributed by atoms with E-state index in [1.165, 1.54) is 0 Å². The van der Waals surface area contributed by atoms with Crippen molar-refractivity contribution >= 4 is 5.69 Å². The van der Waals surface area contributed by atoms with Gasteiger partial charge in [0.1, 0.15) is 0 Å². The molecule has 0 radical (unpaired) electrons. The molecule has 0 saturated carbocycles. The maximum atomic E-state index is 8.61. The molecule has 0 bridgehead atoms. The lowest BCUT2D eigenvalue weighted by atomic mass is 10.2. The van der Waals surface area contributed by atoms with Crippen molar-refractivity contribution in [1.29, 1.82) is 5.26 Å². The van der Waals surface area contributed by atoms with E-state index in [4.69, 9.17) is 10.00 Å². The summed E-state index contributed by atoms with van der Waals surface area (Å²) in [4.78, 5) is 0. The maximum Gasteiger partial charge on any atom is 0.0991 e. The molecule has 80 valence electrons. The van der Waals surface area contributed by atoms with Crippen molar-refractivity contribution < 1.29 is 4.74 Å². The van der Waals surface area contributed by atoms with Crippen molar-refractivity contribution in [3.63, 3.8) is 0 Å². The van der Waals surface area contributed by atoms with Crippen LogP contribution in [0.3, 0.4) is 0 Å². The highest BCUT2D eigenvalue weighted by Gasteiger charge is 1.94. The van der Waals surface area contributed by atoms with E-state index in [0.717, 1.165) is 12.2 Å². The number of anilines is 1. The largest absolute Gasteiger partial charge is 0.383 e. The fourth-order valence-electron chi connectivity index (χ4n) is 1.15. The Morgan fingerprint density at radius 1 is 1.33 bits per heavy atom. The van der Waals surface area contributed by atoms with Crippen LogP contribution in [0.25, 0.3) is 0 Å². The third kappa shape index (κ3) is 4.48. The minimum absolute atomic E-state index is 0.271. The standard InChI is InChI=1S/C12H16N2O/c1-10(2)15-8-7-14-12-5-3-11(9-13)4-6-12/h3-6,10,14H,7-8H2,1-2H3. The Morgan fingerprint density at radius 3 is 2.53 bits per heavy atom. The summed E-state index contributed by atoms with van der Waals surface area (Å²) in [5, 5.41) is 11.8. The molecule has 0 aliphatic carbocycles. The number of nitrogens with zero attached hydrogens (tertiary/aromatic N) is 1. The molecule has 0 fully saturated rings. The van der Waals surface area contributed by atoms with Crippen LogP contribution in [0, 0.1) is 11.3 Å². The van der Waals surface area contributed by atoms with Crippen LogP contribution in [-0.4, -0.2) is 19.3 Å². The summed E-state index contributed by atoms with van der Waals surface area (Å²) in [6, 6.07) is 9.47. The van der Waals surface area contributed by atoms with Gasteiger partial charge >= 0.3 is 0 Å². The summed E-state index contributed by atoms with van der Waals surface area (Å²) in [7, 11) is 0. The van der Waals surface area contributed by atoms with Crippen LogP contribution in [0.1, 0.15) is 19.4 Å². The van der Waals surface area contributed by atoms with Crippen molar-refractivity contribution in [3.05, 3.63) is 29.8 Å². The lowest BCUT2D eigenvalue weighted by Gasteiger charge is -2.09. The van der Waals surface area contributed by atoms with Gasteiger partial charge in [-0.25, -0.2) is 0 Å². The van der Waals surface area contributed by atoms with E-state index >= 15 is 0 Å². The van der Waals surface area contributed by atoms with Crippen molar-refractivity contribution in [2.45, 2.75) is 20.0 Å². The SMILES string of the molecule is CC(C)OCCNc1ccc(C#N)cc1. The number of benzene rings is 1. The predicted octanol–water partition coefficient (Wildman–Crippen LogP) is 2.40. The molecule has 1 N–H and O–H groups in total. The normalized spacial score (nSPS) is 10.0. The zero-order valence-corrected chi connectivity index (χ0v) is 9.16. The second kappa shape index (κ2) is 6.05. The number of hydrogen-bond acceptors (Lipinski definition) is 3. The number of nitrogens with one attached hydrogen (secondary N) is 1. The molecule has 0 aromatic heterocycles. The molecule has 0 atom stereocenters. The predicted molar refractivity (Wildman–Crippen MR) is 60.7 cm³/mol. The number of hydrogen-bond donors (Lipinski definition) is 1. The first-order valence-corrected chi connectivity index (χ1v) is 5.08. The van der Waals surface area contributed by atoms with Gasteiger partial charge in [-0.3, -0.25) is 0 Å². The molecule has 1 aromatic rings. The first-order chi connectivity index (χ1) is 7.22. The molecule has 0 aliphatic heterocycles. The van der Waals surface area contributed by atoms with Crippen molar-refractivity contribution in [3.8, 4) is 6.07 Å². The molecule has 0 unspecified atom stereocenters. The summed E-state index contributed by atoms with van der Waals surface area (Å²) in [5.41, 5.74) is 1.69. The van der Waals surface area contributed by atoms with Crippen LogP contribution in [0.15, 0.2) is 24.3 Å². The van der Waals surface area contributed by atoms with Crippen molar-refractivity contribution in [2.75, 3.05) is 18.5 Å². The third-order valence-corrected chi connectivity index (χ3v) is 1.90. The Labute approximate surface area is 90.7 Å². The van der Waals surface area contributed by atoms with Crippen LogP contribution < -0.4 is 5.32 Å². The first kappa shape index (κ1) is 11.5. The molecule has 1 rings (SSSR count). The molecular weight excluding hydrogens is 188 g/mol.